The average molecular weight is 319 g/mol. The highest BCUT2D eigenvalue weighted by Crippen LogP contribution is 2.46. The van der Waals surface area contributed by atoms with Gasteiger partial charge in [0.25, 0.3) is 0 Å². The fourth-order valence-electron chi connectivity index (χ4n) is 3.70. The second kappa shape index (κ2) is 5.95. The molecule has 2 aliphatic rings. The van der Waals surface area contributed by atoms with Crippen molar-refractivity contribution < 1.29 is 19.1 Å². The summed E-state index contributed by atoms with van der Waals surface area (Å²) in [5.74, 6) is -1.72. The maximum absolute atomic E-state index is 13.6. The predicted molar refractivity (Wildman–Crippen MR) is 83.5 cm³/mol. The van der Waals surface area contributed by atoms with E-state index in [1.54, 1.807) is 12.1 Å². The van der Waals surface area contributed by atoms with E-state index in [9.17, 15) is 19.1 Å². The Bertz CT molecular complexity index is 618. The summed E-state index contributed by atoms with van der Waals surface area (Å²) in [5, 5.41) is 12.1. The maximum atomic E-state index is 13.6. The largest absolute Gasteiger partial charge is 0.480 e. The summed E-state index contributed by atoms with van der Waals surface area (Å²) in [6, 6.07) is 6.57. The number of amides is 1. The molecule has 2 aliphatic carbocycles. The lowest BCUT2D eigenvalue weighted by Gasteiger charge is -2.38. The Morgan fingerprint density at radius 1 is 1.13 bits per heavy atom. The Labute approximate surface area is 135 Å². The number of aliphatic carboxylic acids is 1. The van der Waals surface area contributed by atoms with Gasteiger partial charge in [0.05, 0.1) is 0 Å². The van der Waals surface area contributed by atoms with Gasteiger partial charge in [-0.15, -0.1) is 0 Å². The molecule has 0 aromatic heterocycles. The first-order valence-corrected chi connectivity index (χ1v) is 8.26. The van der Waals surface area contributed by atoms with Crippen LogP contribution in [0.4, 0.5) is 4.39 Å². The molecule has 0 spiro atoms. The number of benzene rings is 1. The Morgan fingerprint density at radius 2 is 1.83 bits per heavy atom. The molecule has 1 amide bonds. The van der Waals surface area contributed by atoms with E-state index in [1.165, 1.54) is 6.07 Å². The summed E-state index contributed by atoms with van der Waals surface area (Å²) < 4.78 is 13.6. The number of carboxylic acids is 1. The van der Waals surface area contributed by atoms with E-state index >= 15 is 0 Å². The van der Waals surface area contributed by atoms with Crippen molar-refractivity contribution >= 4 is 11.9 Å². The first-order valence-electron chi connectivity index (χ1n) is 8.26. The van der Waals surface area contributed by atoms with Crippen molar-refractivity contribution in [3.05, 3.63) is 35.6 Å². The number of nitrogens with one attached hydrogen (secondary N) is 1. The van der Waals surface area contributed by atoms with Crippen molar-refractivity contribution in [2.75, 3.05) is 6.54 Å². The van der Waals surface area contributed by atoms with Crippen LogP contribution in [0.25, 0.3) is 0 Å². The van der Waals surface area contributed by atoms with Crippen molar-refractivity contribution in [3.63, 3.8) is 0 Å². The van der Waals surface area contributed by atoms with Gasteiger partial charge in [-0.1, -0.05) is 31.4 Å². The average Bonchev–Trinajstić information content (AvgIpc) is 3.35. The number of carbonyl (C=O) groups excluding carboxylic acids is 1. The van der Waals surface area contributed by atoms with Gasteiger partial charge >= 0.3 is 5.97 Å². The number of halogens is 1. The molecule has 124 valence electrons. The van der Waals surface area contributed by atoms with E-state index < -0.39 is 17.3 Å². The molecule has 0 radical (unpaired) electrons. The summed E-state index contributed by atoms with van der Waals surface area (Å²) in [6.07, 6.45) is 5.80. The molecule has 4 nitrogen and oxygen atoms in total. The van der Waals surface area contributed by atoms with Crippen LogP contribution in [0.3, 0.4) is 0 Å². The summed E-state index contributed by atoms with van der Waals surface area (Å²) in [4.78, 5) is 23.5. The second-order valence-electron chi connectivity index (χ2n) is 6.92. The first kappa shape index (κ1) is 16.0. The van der Waals surface area contributed by atoms with Crippen LogP contribution in [0.15, 0.2) is 24.3 Å². The van der Waals surface area contributed by atoms with Crippen molar-refractivity contribution in [2.45, 2.75) is 50.4 Å². The summed E-state index contributed by atoms with van der Waals surface area (Å²) >= 11 is 0. The lowest BCUT2D eigenvalue weighted by Crippen LogP contribution is -2.46. The molecule has 5 heteroatoms. The highest BCUT2D eigenvalue weighted by molar-refractivity contribution is 6.04. The molecule has 0 aliphatic heterocycles. The molecule has 23 heavy (non-hydrogen) atoms. The molecule has 2 saturated carbocycles. The molecule has 0 heterocycles. The van der Waals surface area contributed by atoms with Gasteiger partial charge in [-0.2, -0.15) is 0 Å². The first-order chi connectivity index (χ1) is 11.0. The van der Waals surface area contributed by atoms with Gasteiger partial charge in [0, 0.05) is 12.0 Å². The molecule has 0 bridgehead atoms. The fraction of sp³-hybridized carbons (Fsp3) is 0.556. The summed E-state index contributed by atoms with van der Waals surface area (Å²) in [7, 11) is 0. The molecular weight excluding hydrogens is 297 g/mol. The number of hydrogen-bond acceptors (Lipinski definition) is 2. The van der Waals surface area contributed by atoms with Gasteiger partial charge < -0.3 is 10.4 Å². The standard InChI is InChI=1S/C18H22FNO3/c19-14-6-4-5-13(11-14)17(7-2-1-3-8-17)12-20-15(21)18(9-10-18)16(22)23/h4-6,11H,1-3,7-10,12H2,(H,20,21)(H,22,23). The van der Waals surface area contributed by atoms with E-state index in [2.05, 4.69) is 5.32 Å². The van der Waals surface area contributed by atoms with E-state index in [1.807, 2.05) is 6.07 Å². The van der Waals surface area contributed by atoms with Crippen LogP contribution in [0.2, 0.25) is 0 Å². The minimum Gasteiger partial charge on any atom is -0.480 e. The van der Waals surface area contributed by atoms with Crippen LogP contribution in [0.1, 0.15) is 50.5 Å². The molecule has 0 saturated heterocycles. The summed E-state index contributed by atoms with van der Waals surface area (Å²) in [5.41, 5.74) is -0.611. The number of carbonyl (C=O) groups is 2. The van der Waals surface area contributed by atoms with Crippen molar-refractivity contribution in [1.82, 2.24) is 5.32 Å². The van der Waals surface area contributed by atoms with Gasteiger partial charge in [0.15, 0.2) is 0 Å². The Morgan fingerprint density at radius 3 is 2.39 bits per heavy atom. The molecule has 1 aromatic carbocycles. The minimum atomic E-state index is -1.22. The predicted octanol–water partition coefficient (Wildman–Crippen LogP) is 3.01. The Balaban J connectivity index is 1.78. The summed E-state index contributed by atoms with van der Waals surface area (Å²) in [6.45, 7) is 0.379. The van der Waals surface area contributed by atoms with Crippen molar-refractivity contribution in [3.8, 4) is 0 Å². The van der Waals surface area contributed by atoms with Gasteiger partial charge in [0.2, 0.25) is 5.91 Å². The molecular formula is C18H22FNO3. The highest BCUT2D eigenvalue weighted by atomic mass is 19.1. The van der Waals surface area contributed by atoms with E-state index in [0.717, 1.165) is 37.7 Å². The van der Waals surface area contributed by atoms with Crippen LogP contribution in [-0.4, -0.2) is 23.5 Å². The van der Waals surface area contributed by atoms with Crippen LogP contribution in [0, 0.1) is 11.2 Å². The smallest absolute Gasteiger partial charge is 0.319 e. The third-order valence-electron chi connectivity index (χ3n) is 5.43. The molecule has 0 atom stereocenters. The monoisotopic (exact) mass is 319 g/mol. The van der Waals surface area contributed by atoms with Crippen molar-refractivity contribution in [1.29, 1.82) is 0 Å². The van der Waals surface area contributed by atoms with Gasteiger partial charge in [0.1, 0.15) is 11.2 Å². The quantitative estimate of drug-likeness (QED) is 0.820. The van der Waals surface area contributed by atoms with Crippen LogP contribution >= 0.6 is 0 Å². The molecule has 0 unspecified atom stereocenters. The second-order valence-corrected chi connectivity index (χ2v) is 6.92. The zero-order chi connectivity index (χ0) is 16.5. The topological polar surface area (TPSA) is 66.4 Å². The van der Waals surface area contributed by atoms with E-state index in [0.29, 0.717) is 19.4 Å². The van der Waals surface area contributed by atoms with Crippen LogP contribution in [0.5, 0.6) is 0 Å². The van der Waals surface area contributed by atoms with Crippen molar-refractivity contribution in [2.24, 2.45) is 5.41 Å². The maximum Gasteiger partial charge on any atom is 0.319 e. The van der Waals surface area contributed by atoms with Gasteiger partial charge in [-0.3, -0.25) is 9.59 Å². The zero-order valence-electron chi connectivity index (χ0n) is 13.1. The lowest BCUT2D eigenvalue weighted by molar-refractivity contribution is -0.149. The highest BCUT2D eigenvalue weighted by Gasteiger charge is 2.57. The van der Waals surface area contributed by atoms with Crippen LogP contribution in [-0.2, 0) is 15.0 Å². The van der Waals surface area contributed by atoms with Crippen LogP contribution < -0.4 is 5.32 Å². The van der Waals surface area contributed by atoms with Gasteiger partial charge in [-0.05, 0) is 43.4 Å². The Hall–Kier alpha value is -1.91. The van der Waals surface area contributed by atoms with Gasteiger partial charge in [-0.25, -0.2) is 4.39 Å². The molecule has 2 N–H and O–H groups in total. The number of hydrogen-bond donors (Lipinski definition) is 2. The lowest BCUT2D eigenvalue weighted by atomic mass is 9.69. The molecule has 3 rings (SSSR count). The number of carboxylic acid groups (broad SMARTS) is 1. The minimum absolute atomic E-state index is 0.275. The SMILES string of the molecule is O=C(O)C1(C(=O)NCC2(c3cccc(F)c3)CCCCC2)CC1. The van der Waals surface area contributed by atoms with E-state index in [-0.39, 0.29) is 11.2 Å². The molecule has 1 aromatic rings. The molecule has 2 fully saturated rings. The third kappa shape index (κ3) is 2.96. The normalized spacial score (nSPS) is 21.4. The zero-order valence-corrected chi connectivity index (χ0v) is 13.1. The third-order valence-corrected chi connectivity index (χ3v) is 5.43. The fourth-order valence-corrected chi connectivity index (χ4v) is 3.70. The number of rotatable bonds is 5. The Kier molecular flexibility index (Phi) is 4.13. The van der Waals surface area contributed by atoms with E-state index in [4.69, 9.17) is 0 Å².